The van der Waals surface area contributed by atoms with Gasteiger partial charge in [-0.05, 0) is 62.2 Å². The van der Waals surface area contributed by atoms with Crippen LogP contribution in [0.25, 0.3) is 0 Å². The van der Waals surface area contributed by atoms with Crippen LogP contribution in [-0.2, 0) is 0 Å². The topological polar surface area (TPSA) is 30.5 Å². The zero-order valence-electron chi connectivity index (χ0n) is 13.0. The summed E-state index contributed by atoms with van der Waals surface area (Å²) in [4.78, 5) is 0. The number of benzene rings is 2. The van der Waals surface area contributed by atoms with Gasteiger partial charge in [0.05, 0.1) is 6.61 Å². The van der Waals surface area contributed by atoms with E-state index < -0.39 is 0 Å². The smallest absolute Gasteiger partial charge is 0.122 e. The molecule has 0 aliphatic heterocycles. The Hall–Kier alpha value is -2.16. The molecule has 3 heteroatoms. The van der Waals surface area contributed by atoms with Crippen LogP contribution in [0.4, 0.5) is 5.69 Å². The molecule has 3 nitrogen and oxygen atoms in total. The summed E-state index contributed by atoms with van der Waals surface area (Å²) in [6.45, 7) is 8.21. The molecule has 1 N–H and O–H groups in total. The number of hydrogen-bond acceptors (Lipinski definition) is 3. The Morgan fingerprint density at radius 2 is 1.71 bits per heavy atom. The van der Waals surface area contributed by atoms with Gasteiger partial charge in [0.25, 0.3) is 0 Å². The number of nitrogens with one attached hydrogen (secondary N) is 1. The lowest BCUT2D eigenvalue weighted by atomic mass is 10.1. The summed E-state index contributed by atoms with van der Waals surface area (Å²) in [5.41, 5.74) is 3.46. The third kappa shape index (κ3) is 4.71. The fourth-order valence-corrected chi connectivity index (χ4v) is 2.05. The lowest BCUT2D eigenvalue weighted by Crippen LogP contribution is -2.12. The largest absolute Gasteiger partial charge is 0.494 e. The molecule has 0 saturated heterocycles. The van der Waals surface area contributed by atoms with Crippen LogP contribution in [0, 0.1) is 13.8 Å². The summed E-state index contributed by atoms with van der Waals surface area (Å²) in [6.07, 6.45) is 0. The van der Waals surface area contributed by atoms with Crippen molar-refractivity contribution in [1.82, 2.24) is 0 Å². The van der Waals surface area contributed by atoms with E-state index in [1.54, 1.807) is 0 Å². The quantitative estimate of drug-likeness (QED) is 0.774. The Labute approximate surface area is 126 Å². The Morgan fingerprint density at radius 1 is 0.952 bits per heavy atom. The van der Waals surface area contributed by atoms with Crippen molar-refractivity contribution in [3.05, 3.63) is 53.6 Å². The number of aryl methyl sites for hydroxylation is 2. The standard InChI is InChI=1S/C18H23NO2/c1-4-20-17-9-7-16(8-10-17)19-11-12-21-18-13-14(2)5-6-15(18)3/h5-10,13,19H,4,11-12H2,1-3H3. The van der Waals surface area contributed by atoms with Crippen LogP contribution in [0.1, 0.15) is 18.1 Å². The van der Waals surface area contributed by atoms with Gasteiger partial charge in [0.15, 0.2) is 0 Å². The second kappa shape index (κ2) is 7.58. The van der Waals surface area contributed by atoms with E-state index in [2.05, 4.69) is 37.4 Å². The van der Waals surface area contributed by atoms with Gasteiger partial charge < -0.3 is 14.8 Å². The van der Waals surface area contributed by atoms with Gasteiger partial charge in [-0.2, -0.15) is 0 Å². The van der Waals surface area contributed by atoms with Crippen molar-refractivity contribution >= 4 is 5.69 Å². The second-order valence-corrected chi connectivity index (χ2v) is 5.00. The third-order valence-electron chi connectivity index (χ3n) is 3.20. The molecule has 0 aromatic heterocycles. The van der Waals surface area contributed by atoms with Crippen LogP contribution >= 0.6 is 0 Å². The predicted octanol–water partition coefficient (Wildman–Crippen LogP) is 4.19. The van der Waals surface area contributed by atoms with E-state index in [4.69, 9.17) is 9.47 Å². The molecule has 0 aliphatic rings. The van der Waals surface area contributed by atoms with Crippen LogP contribution in [-0.4, -0.2) is 19.8 Å². The minimum Gasteiger partial charge on any atom is -0.494 e. The fraction of sp³-hybridized carbons (Fsp3) is 0.333. The summed E-state index contributed by atoms with van der Waals surface area (Å²) in [6, 6.07) is 14.2. The maximum Gasteiger partial charge on any atom is 0.122 e. The van der Waals surface area contributed by atoms with E-state index in [-0.39, 0.29) is 0 Å². The number of anilines is 1. The van der Waals surface area contributed by atoms with E-state index in [9.17, 15) is 0 Å². The van der Waals surface area contributed by atoms with E-state index in [0.29, 0.717) is 13.2 Å². The molecule has 2 aromatic rings. The summed E-state index contributed by atoms with van der Waals surface area (Å²) in [7, 11) is 0. The van der Waals surface area contributed by atoms with Crippen molar-refractivity contribution in [2.24, 2.45) is 0 Å². The van der Waals surface area contributed by atoms with Crippen LogP contribution in [0.5, 0.6) is 11.5 Å². The molecule has 0 bridgehead atoms. The predicted molar refractivity (Wildman–Crippen MR) is 87.5 cm³/mol. The molecule has 2 rings (SSSR count). The molecule has 0 saturated carbocycles. The van der Waals surface area contributed by atoms with Gasteiger partial charge in [0.2, 0.25) is 0 Å². The van der Waals surface area contributed by atoms with Gasteiger partial charge in [-0.3, -0.25) is 0 Å². The first-order valence-electron chi connectivity index (χ1n) is 7.36. The van der Waals surface area contributed by atoms with Crippen LogP contribution in [0.2, 0.25) is 0 Å². The lowest BCUT2D eigenvalue weighted by Gasteiger charge is -2.11. The van der Waals surface area contributed by atoms with Crippen LogP contribution < -0.4 is 14.8 Å². The van der Waals surface area contributed by atoms with Gasteiger partial charge in [0.1, 0.15) is 18.1 Å². The first-order valence-corrected chi connectivity index (χ1v) is 7.36. The fourth-order valence-electron chi connectivity index (χ4n) is 2.05. The molecule has 2 aromatic carbocycles. The minimum atomic E-state index is 0.636. The monoisotopic (exact) mass is 285 g/mol. The van der Waals surface area contributed by atoms with Crippen LogP contribution in [0.3, 0.4) is 0 Å². The van der Waals surface area contributed by atoms with Gasteiger partial charge >= 0.3 is 0 Å². The zero-order chi connectivity index (χ0) is 15.1. The number of ether oxygens (including phenoxy) is 2. The van der Waals surface area contributed by atoms with Crippen LogP contribution in [0.15, 0.2) is 42.5 Å². The molecule has 112 valence electrons. The normalized spacial score (nSPS) is 10.2. The van der Waals surface area contributed by atoms with Gasteiger partial charge in [0, 0.05) is 12.2 Å². The molecule has 0 aliphatic carbocycles. The highest BCUT2D eigenvalue weighted by molar-refractivity contribution is 5.46. The summed E-state index contributed by atoms with van der Waals surface area (Å²) >= 11 is 0. The zero-order valence-corrected chi connectivity index (χ0v) is 13.0. The molecular weight excluding hydrogens is 262 g/mol. The minimum absolute atomic E-state index is 0.636. The molecule has 0 radical (unpaired) electrons. The van der Waals surface area contributed by atoms with E-state index in [0.717, 1.165) is 23.7 Å². The highest BCUT2D eigenvalue weighted by atomic mass is 16.5. The Kier molecular flexibility index (Phi) is 5.50. The molecule has 0 fully saturated rings. The van der Waals surface area contributed by atoms with Crippen molar-refractivity contribution in [3.8, 4) is 11.5 Å². The Morgan fingerprint density at radius 3 is 2.43 bits per heavy atom. The highest BCUT2D eigenvalue weighted by Crippen LogP contribution is 2.19. The van der Waals surface area contributed by atoms with Crippen molar-refractivity contribution in [1.29, 1.82) is 0 Å². The summed E-state index contributed by atoms with van der Waals surface area (Å²) in [5.74, 6) is 1.86. The molecule has 0 unspecified atom stereocenters. The Balaban J connectivity index is 1.77. The maximum absolute atomic E-state index is 5.81. The molecule has 0 atom stereocenters. The Bertz CT molecular complexity index is 564. The molecule has 0 heterocycles. The lowest BCUT2D eigenvalue weighted by molar-refractivity contribution is 0.330. The second-order valence-electron chi connectivity index (χ2n) is 5.00. The van der Waals surface area contributed by atoms with Gasteiger partial charge in [-0.25, -0.2) is 0 Å². The van der Waals surface area contributed by atoms with E-state index in [1.807, 2.05) is 31.2 Å². The van der Waals surface area contributed by atoms with Crippen molar-refractivity contribution < 1.29 is 9.47 Å². The first kappa shape index (κ1) is 15.2. The van der Waals surface area contributed by atoms with Crippen molar-refractivity contribution in [3.63, 3.8) is 0 Å². The summed E-state index contributed by atoms with van der Waals surface area (Å²) < 4.78 is 11.2. The van der Waals surface area contributed by atoms with E-state index in [1.165, 1.54) is 11.1 Å². The number of rotatable bonds is 7. The SMILES string of the molecule is CCOc1ccc(NCCOc2cc(C)ccc2C)cc1. The average molecular weight is 285 g/mol. The average Bonchev–Trinajstić information content (AvgIpc) is 2.49. The van der Waals surface area contributed by atoms with Gasteiger partial charge in [-0.1, -0.05) is 12.1 Å². The molecular formula is C18H23NO2. The summed E-state index contributed by atoms with van der Waals surface area (Å²) in [5, 5.41) is 3.34. The highest BCUT2D eigenvalue weighted by Gasteiger charge is 2.00. The van der Waals surface area contributed by atoms with E-state index >= 15 is 0 Å². The third-order valence-corrected chi connectivity index (χ3v) is 3.20. The molecule has 0 spiro atoms. The first-order chi connectivity index (χ1) is 10.2. The number of hydrogen-bond donors (Lipinski definition) is 1. The molecule has 21 heavy (non-hydrogen) atoms. The molecule has 0 amide bonds. The van der Waals surface area contributed by atoms with Crippen molar-refractivity contribution in [2.75, 3.05) is 25.1 Å². The van der Waals surface area contributed by atoms with Crippen molar-refractivity contribution in [2.45, 2.75) is 20.8 Å². The maximum atomic E-state index is 5.81. The van der Waals surface area contributed by atoms with Gasteiger partial charge in [-0.15, -0.1) is 0 Å².